The monoisotopic (exact) mass is 517 g/mol. The fraction of sp³-hybridized carbons (Fsp3) is 0.286. The van der Waals surface area contributed by atoms with Crippen LogP contribution in [-0.2, 0) is 16.0 Å². The lowest BCUT2D eigenvalue weighted by molar-refractivity contribution is -0.148. The van der Waals surface area contributed by atoms with Crippen molar-refractivity contribution in [3.8, 4) is 5.75 Å². The van der Waals surface area contributed by atoms with Gasteiger partial charge in [-0.1, -0.05) is 18.2 Å². The van der Waals surface area contributed by atoms with Crippen molar-refractivity contribution in [3.63, 3.8) is 0 Å². The van der Waals surface area contributed by atoms with Crippen molar-refractivity contribution < 1.29 is 34.8 Å². The number of hydrogen-bond donors (Lipinski definition) is 5. The van der Waals surface area contributed by atoms with Crippen LogP contribution in [0.15, 0.2) is 59.2 Å². The van der Waals surface area contributed by atoms with Gasteiger partial charge in [0.2, 0.25) is 5.78 Å². The Kier molecular flexibility index (Phi) is 5.96. The van der Waals surface area contributed by atoms with Crippen LogP contribution in [0.25, 0.3) is 12.2 Å². The molecule has 0 unspecified atom stereocenters. The highest BCUT2D eigenvalue weighted by Crippen LogP contribution is 2.52. The number of hydrogen-bond acceptors (Lipinski definition) is 9. The molecule has 0 aliphatic heterocycles. The molecule has 0 saturated heterocycles. The number of likely N-dealkylation sites (N-methyl/N-ethyl adjacent to an activating group) is 1. The van der Waals surface area contributed by atoms with Crippen LogP contribution in [-0.4, -0.2) is 73.5 Å². The predicted octanol–water partition coefficient (Wildman–Crippen LogP) is 1.69. The highest BCUT2D eigenvalue weighted by Gasteiger charge is 2.63. The average Bonchev–Trinajstić information content (AvgIpc) is 2.86. The van der Waals surface area contributed by atoms with Gasteiger partial charge in [-0.3, -0.25) is 24.3 Å². The maximum Gasteiger partial charge on any atom is 0.255 e. The number of aliphatic hydroxyl groups is 3. The number of nitrogens with two attached hydrogens (primary N) is 1. The number of amides is 1. The SMILES string of the molecule is CN(C)[C@H]1C(O)=C(C(N)=O)C(=O)[C@]2(O)C(O)=C3C(=O)c4c(O)ccc(/C=C/c5ccccn5)c4C[C@@H]3C[C@H]12. The van der Waals surface area contributed by atoms with Crippen molar-refractivity contribution in [1.82, 2.24) is 9.88 Å². The molecule has 0 fully saturated rings. The summed E-state index contributed by atoms with van der Waals surface area (Å²) in [5.41, 5.74) is 3.55. The molecular weight excluding hydrogens is 490 g/mol. The molecule has 1 aromatic heterocycles. The fourth-order valence-corrected chi connectivity index (χ4v) is 6.08. The largest absolute Gasteiger partial charge is 0.510 e. The zero-order valence-corrected chi connectivity index (χ0v) is 20.8. The van der Waals surface area contributed by atoms with Gasteiger partial charge >= 0.3 is 0 Å². The Labute approximate surface area is 218 Å². The molecule has 1 aromatic carbocycles. The van der Waals surface area contributed by atoms with Crippen molar-refractivity contribution in [3.05, 3.63) is 81.6 Å². The Hall–Kier alpha value is -4.28. The third-order valence-corrected chi connectivity index (χ3v) is 7.76. The second-order valence-corrected chi connectivity index (χ2v) is 10.1. The molecule has 1 heterocycles. The van der Waals surface area contributed by atoms with Gasteiger partial charge in [-0.25, -0.2) is 0 Å². The summed E-state index contributed by atoms with van der Waals surface area (Å²) in [6.07, 6.45) is 5.45. The maximum atomic E-state index is 13.7. The molecule has 10 nitrogen and oxygen atoms in total. The Balaban J connectivity index is 1.66. The number of benzene rings is 1. The van der Waals surface area contributed by atoms with Crippen LogP contribution in [0, 0.1) is 11.8 Å². The van der Waals surface area contributed by atoms with Gasteiger partial charge < -0.3 is 26.2 Å². The number of carbonyl (C=O) groups excluding carboxylic acids is 3. The molecule has 3 aliphatic carbocycles. The number of Topliss-reactive ketones (excluding diaryl/α,β-unsaturated/α-hetero) is 2. The fourth-order valence-electron chi connectivity index (χ4n) is 6.08. The smallest absolute Gasteiger partial charge is 0.255 e. The molecule has 3 aliphatic rings. The molecule has 2 aromatic rings. The summed E-state index contributed by atoms with van der Waals surface area (Å²) in [5.74, 6) is -6.73. The topological polar surface area (TPSA) is 174 Å². The van der Waals surface area contributed by atoms with Gasteiger partial charge in [0.25, 0.3) is 5.91 Å². The van der Waals surface area contributed by atoms with Crippen LogP contribution in [0.5, 0.6) is 5.75 Å². The molecule has 4 atom stereocenters. The van der Waals surface area contributed by atoms with Crippen molar-refractivity contribution in [1.29, 1.82) is 0 Å². The maximum absolute atomic E-state index is 13.7. The van der Waals surface area contributed by atoms with E-state index in [2.05, 4.69) is 4.98 Å². The van der Waals surface area contributed by atoms with E-state index in [0.717, 1.165) is 0 Å². The Morgan fingerprint density at radius 3 is 2.50 bits per heavy atom. The quantitative estimate of drug-likeness (QED) is 0.378. The standard InChI is InChI=1S/C28H27N3O7/c1-31(2)22-17-12-14-11-16-13(6-8-15-5-3-4-10-30-15)7-9-18(32)20(16)23(33)19(14)25(35)28(17,38)26(36)21(24(22)34)27(29)37/h3-10,14,17,22,32,34-35,38H,11-12H2,1-2H3,(H2,29,37)/b8-6+/t14-,17-,22-,28-/m1/s1. The minimum Gasteiger partial charge on any atom is -0.510 e. The zero-order chi connectivity index (χ0) is 27.5. The number of allylic oxidation sites excluding steroid dienone is 1. The number of nitrogens with zero attached hydrogens (tertiary/aromatic N) is 2. The van der Waals surface area contributed by atoms with Crippen LogP contribution in [0.3, 0.4) is 0 Å². The zero-order valence-electron chi connectivity index (χ0n) is 20.8. The van der Waals surface area contributed by atoms with Crippen molar-refractivity contribution in [2.45, 2.75) is 24.5 Å². The van der Waals surface area contributed by atoms with Gasteiger partial charge in [0, 0.05) is 17.7 Å². The second-order valence-electron chi connectivity index (χ2n) is 10.1. The third-order valence-electron chi connectivity index (χ3n) is 7.76. The van der Waals surface area contributed by atoms with Gasteiger partial charge in [-0.2, -0.15) is 0 Å². The van der Waals surface area contributed by atoms with E-state index in [-0.39, 0.29) is 29.7 Å². The minimum absolute atomic E-state index is 0.0326. The van der Waals surface area contributed by atoms with E-state index in [1.54, 1.807) is 44.6 Å². The molecule has 6 N–H and O–H groups in total. The lowest BCUT2D eigenvalue weighted by atomic mass is 9.58. The molecule has 38 heavy (non-hydrogen) atoms. The Morgan fingerprint density at radius 1 is 1.13 bits per heavy atom. The molecule has 196 valence electrons. The number of aromatic nitrogens is 1. The van der Waals surface area contributed by atoms with E-state index in [1.807, 2.05) is 12.1 Å². The van der Waals surface area contributed by atoms with E-state index in [4.69, 9.17) is 5.73 Å². The normalized spacial score (nSPS) is 27.0. The van der Waals surface area contributed by atoms with E-state index in [0.29, 0.717) is 16.8 Å². The molecule has 0 saturated carbocycles. The lowest BCUT2D eigenvalue weighted by Gasteiger charge is -2.50. The first-order valence-corrected chi connectivity index (χ1v) is 12.1. The van der Waals surface area contributed by atoms with Crippen LogP contribution in [0.1, 0.15) is 33.6 Å². The number of ketones is 2. The number of aliphatic hydroxyl groups excluding tert-OH is 2. The second kappa shape index (κ2) is 8.93. The van der Waals surface area contributed by atoms with Crippen LogP contribution in [0.2, 0.25) is 0 Å². The first-order valence-electron chi connectivity index (χ1n) is 12.1. The molecule has 0 bridgehead atoms. The molecule has 1 amide bonds. The summed E-state index contributed by atoms with van der Waals surface area (Å²) in [7, 11) is 3.18. The Bertz CT molecular complexity index is 1470. The summed E-state index contributed by atoms with van der Waals surface area (Å²) in [6, 6.07) is 7.46. The van der Waals surface area contributed by atoms with Gasteiger partial charge in [0.05, 0.1) is 17.3 Å². The molecular formula is C28H27N3O7. The van der Waals surface area contributed by atoms with E-state index >= 15 is 0 Å². The predicted molar refractivity (Wildman–Crippen MR) is 137 cm³/mol. The lowest BCUT2D eigenvalue weighted by Crippen LogP contribution is -2.63. The minimum atomic E-state index is -2.66. The third kappa shape index (κ3) is 3.56. The number of phenolic OH excluding ortho intramolecular Hbond substituents is 1. The summed E-state index contributed by atoms with van der Waals surface area (Å²) in [6.45, 7) is 0. The van der Waals surface area contributed by atoms with Crippen molar-refractivity contribution >= 4 is 29.6 Å². The molecule has 5 rings (SSSR count). The number of pyridine rings is 1. The number of carbonyl (C=O) groups is 3. The van der Waals surface area contributed by atoms with Gasteiger partial charge in [-0.05, 0) is 68.3 Å². The van der Waals surface area contributed by atoms with Gasteiger partial charge in [0.15, 0.2) is 11.4 Å². The average molecular weight is 518 g/mol. The van der Waals surface area contributed by atoms with Crippen molar-refractivity contribution in [2.24, 2.45) is 17.6 Å². The molecule has 10 heteroatoms. The first-order chi connectivity index (χ1) is 18.0. The summed E-state index contributed by atoms with van der Waals surface area (Å²) in [4.78, 5) is 44.9. The van der Waals surface area contributed by atoms with Crippen molar-refractivity contribution in [2.75, 3.05) is 14.1 Å². The number of phenols is 1. The number of primary amides is 1. The molecule has 0 radical (unpaired) electrons. The summed E-state index contributed by atoms with van der Waals surface area (Å²) < 4.78 is 0. The van der Waals surface area contributed by atoms with Crippen LogP contribution in [0.4, 0.5) is 0 Å². The molecule has 0 spiro atoms. The number of fused-ring (bicyclic) bond motifs is 3. The van der Waals surface area contributed by atoms with E-state index in [1.165, 1.54) is 11.0 Å². The highest BCUT2D eigenvalue weighted by atomic mass is 16.3. The Morgan fingerprint density at radius 2 is 1.87 bits per heavy atom. The van der Waals surface area contributed by atoms with Gasteiger partial charge in [0.1, 0.15) is 22.8 Å². The van der Waals surface area contributed by atoms with E-state index < -0.39 is 58.0 Å². The van der Waals surface area contributed by atoms with Crippen LogP contribution < -0.4 is 5.73 Å². The highest BCUT2D eigenvalue weighted by molar-refractivity contribution is 6.24. The summed E-state index contributed by atoms with van der Waals surface area (Å²) in [5, 5.41) is 44.4. The number of aromatic hydroxyl groups is 1. The first kappa shape index (κ1) is 25.4. The number of rotatable bonds is 4. The summed E-state index contributed by atoms with van der Waals surface area (Å²) >= 11 is 0. The van der Waals surface area contributed by atoms with Gasteiger partial charge in [-0.15, -0.1) is 0 Å². The van der Waals surface area contributed by atoms with E-state index in [9.17, 15) is 34.8 Å². The van der Waals surface area contributed by atoms with Crippen LogP contribution >= 0.6 is 0 Å².